The van der Waals surface area contributed by atoms with Crippen LogP contribution >= 0.6 is 11.3 Å². The van der Waals surface area contributed by atoms with Crippen molar-refractivity contribution in [3.63, 3.8) is 0 Å². The lowest BCUT2D eigenvalue weighted by molar-refractivity contribution is -0.136. The molecule has 0 fully saturated rings. The van der Waals surface area contributed by atoms with E-state index < -0.39 is 12.6 Å². The van der Waals surface area contributed by atoms with Crippen LogP contribution in [0.25, 0.3) is 0 Å². The Labute approximate surface area is 104 Å². The summed E-state index contributed by atoms with van der Waals surface area (Å²) in [5.41, 5.74) is 1.08. The molecule has 1 aromatic heterocycles. The molecule has 98 valence electrons. The van der Waals surface area contributed by atoms with Crippen LogP contribution < -0.4 is 5.32 Å². The quantitative estimate of drug-likeness (QED) is 0.834. The molecule has 0 aliphatic heterocycles. The van der Waals surface area contributed by atoms with Crippen LogP contribution in [0.5, 0.6) is 0 Å². The summed E-state index contributed by atoms with van der Waals surface area (Å²) < 4.78 is 36.8. The third-order valence-electron chi connectivity index (χ3n) is 2.56. The zero-order chi connectivity index (χ0) is 13.1. The smallest absolute Gasteiger partial charge is 0.310 e. The van der Waals surface area contributed by atoms with Crippen LogP contribution in [0.1, 0.15) is 41.1 Å². The number of thiophene rings is 1. The van der Waals surface area contributed by atoms with E-state index in [1.165, 1.54) is 0 Å². The van der Waals surface area contributed by atoms with E-state index in [0.717, 1.165) is 15.3 Å². The molecular formula is C12H18F3NS. The molecular weight excluding hydrogens is 247 g/mol. The van der Waals surface area contributed by atoms with Gasteiger partial charge in [0, 0.05) is 22.2 Å². The van der Waals surface area contributed by atoms with Gasteiger partial charge in [0.1, 0.15) is 0 Å². The summed E-state index contributed by atoms with van der Waals surface area (Å²) in [7, 11) is 0. The van der Waals surface area contributed by atoms with Gasteiger partial charge in [0.05, 0.1) is 0 Å². The third-order valence-corrected chi connectivity index (χ3v) is 3.83. The standard InChI is InChI=1S/C12H18F3NS/c1-4-16-10(5-6-12(13,14)15)11-8(2)7-9(3)17-11/h7,10,16H,4-6H2,1-3H3. The molecule has 1 N–H and O–H groups in total. The number of hydrogen-bond donors (Lipinski definition) is 1. The molecule has 1 aromatic rings. The largest absolute Gasteiger partial charge is 0.389 e. The molecule has 0 bridgehead atoms. The molecule has 0 aliphatic carbocycles. The molecule has 1 rings (SSSR count). The minimum atomic E-state index is -4.08. The van der Waals surface area contributed by atoms with Gasteiger partial charge in [0.15, 0.2) is 0 Å². The highest BCUT2D eigenvalue weighted by Crippen LogP contribution is 2.33. The first-order valence-corrected chi connectivity index (χ1v) is 6.52. The lowest BCUT2D eigenvalue weighted by atomic mass is 10.1. The van der Waals surface area contributed by atoms with Crippen molar-refractivity contribution in [1.82, 2.24) is 5.32 Å². The highest BCUT2D eigenvalue weighted by molar-refractivity contribution is 7.12. The summed E-state index contributed by atoms with van der Waals surface area (Å²) >= 11 is 1.58. The molecule has 0 radical (unpaired) electrons. The van der Waals surface area contributed by atoms with Crippen LogP contribution in [0.4, 0.5) is 13.2 Å². The van der Waals surface area contributed by atoms with Crippen molar-refractivity contribution in [1.29, 1.82) is 0 Å². The first kappa shape index (κ1) is 14.5. The predicted octanol–water partition coefficient (Wildman–Crippen LogP) is 4.36. The van der Waals surface area contributed by atoms with Crippen LogP contribution in [-0.2, 0) is 0 Å². The number of aryl methyl sites for hydroxylation is 2. The van der Waals surface area contributed by atoms with E-state index in [-0.39, 0.29) is 12.5 Å². The number of rotatable bonds is 5. The topological polar surface area (TPSA) is 12.0 Å². The fourth-order valence-corrected chi connectivity index (χ4v) is 3.03. The second-order valence-corrected chi connectivity index (χ2v) is 5.46. The van der Waals surface area contributed by atoms with Crippen LogP contribution in [0.15, 0.2) is 6.07 Å². The van der Waals surface area contributed by atoms with Crippen molar-refractivity contribution in [3.8, 4) is 0 Å². The maximum Gasteiger partial charge on any atom is 0.389 e. The summed E-state index contributed by atoms with van der Waals surface area (Å²) in [6, 6.07) is 1.85. The zero-order valence-electron chi connectivity index (χ0n) is 10.3. The van der Waals surface area contributed by atoms with Gasteiger partial charge in [-0.3, -0.25) is 0 Å². The van der Waals surface area contributed by atoms with E-state index in [1.54, 1.807) is 11.3 Å². The van der Waals surface area contributed by atoms with E-state index in [9.17, 15) is 13.2 Å². The maximum atomic E-state index is 12.3. The Balaban J connectivity index is 2.75. The molecule has 1 unspecified atom stereocenters. The molecule has 1 heterocycles. The van der Waals surface area contributed by atoms with E-state index in [0.29, 0.717) is 6.54 Å². The van der Waals surface area contributed by atoms with Gasteiger partial charge in [-0.15, -0.1) is 11.3 Å². The Hall–Kier alpha value is -0.550. The summed E-state index contributed by atoms with van der Waals surface area (Å²) in [4.78, 5) is 2.18. The van der Waals surface area contributed by atoms with Crippen molar-refractivity contribution in [2.75, 3.05) is 6.54 Å². The number of hydrogen-bond acceptors (Lipinski definition) is 2. The average Bonchev–Trinajstić information content (AvgIpc) is 2.51. The van der Waals surface area contributed by atoms with Crippen molar-refractivity contribution in [2.24, 2.45) is 0 Å². The van der Waals surface area contributed by atoms with Gasteiger partial charge >= 0.3 is 6.18 Å². The molecule has 0 aromatic carbocycles. The van der Waals surface area contributed by atoms with Crippen molar-refractivity contribution in [2.45, 2.75) is 45.8 Å². The Bertz CT molecular complexity index is 357. The minimum absolute atomic E-state index is 0.109. The maximum absolute atomic E-state index is 12.3. The highest BCUT2D eigenvalue weighted by atomic mass is 32.1. The van der Waals surface area contributed by atoms with Gasteiger partial charge in [-0.1, -0.05) is 6.92 Å². The lowest BCUT2D eigenvalue weighted by Crippen LogP contribution is -2.22. The van der Waals surface area contributed by atoms with Crippen LogP contribution in [0, 0.1) is 13.8 Å². The fourth-order valence-electron chi connectivity index (χ4n) is 1.89. The lowest BCUT2D eigenvalue weighted by Gasteiger charge is -2.18. The average molecular weight is 265 g/mol. The van der Waals surface area contributed by atoms with Crippen LogP contribution in [0.2, 0.25) is 0 Å². The summed E-state index contributed by atoms with van der Waals surface area (Å²) in [5.74, 6) is 0. The Morgan fingerprint density at radius 3 is 2.41 bits per heavy atom. The Morgan fingerprint density at radius 2 is 2.00 bits per heavy atom. The van der Waals surface area contributed by atoms with E-state index >= 15 is 0 Å². The Morgan fingerprint density at radius 1 is 1.35 bits per heavy atom. The minimum Gasteiger partial charge on any atom is -0.310 e. The first-order valence-electron chi connectivity index (χ1n) is 5.70. The molecule has 0 amide bonds. The molecule has 1 nitrogen and oxygen atoms in total. The molecule has 1 atom stereocenters. The van der Waals surface area contributed by atoms with E-state index in [1.807, 2.05) is 26.8 Å². The molecule has 5 heteroatoms. The van der Waals surface area contributed by atoms with Crippen molar-refractivity contribution >= 4 is 11.3 Å². The monoisotopic (exact) mass is 265 g/mol. The van der Waals surface area contributed by atoms with Gasteiger partial charge in [0.25, 0.3) is 0 Å². The first-order chi connectivity index (χ1) is 7.83. The fraction of sp³-hybridized carbons (Fsp3) is 0.667. The number of halogens is 3. The highest BCUT2D eigenvalue weighted by Gasteiger charge is 2.29. The van der Waals surface area contributed by atoms with Gasteiger partial charge in [-0.2, -0.15) is 13.2 Å². The number of nitrogens with one attached hydrogen (secondary N) is 1. The SMILES string of the molecule is CCNC(CCC(F)(F)F)c1sc(C)cc1C. The molecule has 17 heavy (non-hydrogen) atoms. The summed E-state index contributed by atoms with van der Waals surface area (Å²) in [5, 5.41) is 3.14. The Kier molecular flexibility index (Phi) is 5.01. The van der Waals surface area contributed by atoms with Gasteiger partial charge in [-0.05, 0) is 38.4 Å². The summed E-state index contributed by atoms with van der Waals surface area (Å²) in [6.45, 7) is 6.53. The molecule has 0 spiro atoms. The van der Waals surface area contributed by atoms with Gasteiger partial charge in [-0.25, -0.2) is 0 Å². The van der Waals surface area contributed by atoms with Crippen LogP contribution in [-0.4, -0.2) is 12.7 Å². The number of alkyl halides is 3. The second kappa shape index (κ2) is 5.87. The molecule has 0 saturated heterocycles. The van der Waals surface area contributed by atoms with Crippen molar-refractivity contribution < 1.29 is 13.2 Å². The second-order valence-electron chi connectivity index (χ2n) is 4.17. The van der Waals surface area contributed by atoms with E-state index in [4.69, 9.17) is 0 Å². The van der Waals surface area contributed by atoms with Gasteiger partial charge < -0.3 is 5.32 Å². The van der Waals surface area contributed by atoms with Crippen molar-refractivity contribution in [3.05, 3.63) is 21.4 Å². The van der Waals surface area contributed by atoms with Gasteiger partial charge in [0.2, 0.25) is 0 Å². The van der Waals surface area contributed by atoms with E-state index in [2.05, 4.69) is 5.32 Å². The summed E-state index contributed by atoms with van der Waals surface area (Å²) in [6.07, 6.45) is -4.70. The molecule has 0 aliphatic rings. The normalized spacial score (nSPS) is 14.0. The van der Waals surface area contributed by atoms with Crippen LogP contribution in [0.3, 0.4) is 0 Å². The zero-order valence-corrected chi connectivity index (χ0v) is 11.1. The predicted molar refractivity (Wildman–Crippen MR) is 65.5 cm³/mol. The molecule has 0 saturated carbocycles. The third kappa shape index (κ3) is 4.68.